The van der Waals surface area contributed by atoms with Gasteiger partial charge in [0.05, 0.1) is 44.1 Å². The van der Waals surface area contributed by atoms with Gasteiger partial charge < -0.3 is 19.9 Å². The Hall–Kier alpha value is -2.84. The van der Waals surface area contributed by atoms with Crippen molar-refractivity contribution in [3.05, 3.63) is 46.2 Å². The first-order valence-electron chi connectivity index (χ1n) is 11.0. The van der Waals surface area contributed by atoms with Crippen molar-refractivity contribution in [3.63, 3.8) is 0 Å². The Balaban J connectivity index is 0.00000249. The molecule has 0 saturated heterocycles. The quantitative estimate of drug-likeness (QED) is 0.431. The van der Waals surface area contributed by atoms with E-state index in [1.165, 1.54) is 0 Å². The number of aliphatic imine (C=N–C) groups is 2. The SMILES string of the molecule is CC.CCOC(=O)C1=C(COCCN)CN=C(C)C(C(=O)OCC)=C1C1=CN=CCC=C1. The maximum Gasteiger partial charge on any atom is 0.340 e. The van der Waals surface area contributed by atoms with Crippen LogP contribution in [0.5, 0.6) is 0 Å². The van der Waals surface area contributed by atoms with Crippen molar-refractivity contribution < 1.29 is 23.8 Å². The van der Waals surface area contributed by atoms with Gasteiger partial charge in [-0.15, -0.1) is 0 Å². The highest BCUT2D eigenvalue weighted by molar-refractivity contribution is 6.22. The molecule has 0 fully saturated rings. The lowest BCUT2D eigenvalue weighted by atomic mass is 9.88. The Morgan fingerprint density at radius 2 is 1.75 bits per heavy atom. The van der Waals surface area contributed by atoms with Gasteiger partial charge in [-0.1, -0.05) is 26.0 Å². The second-order valence-electron chi connectivity index (χ2n) is 6.47. The van der Waals surface area contributed by atoms with Gasteiger partial charge in [0.1, 0.15) is 0 Å². The third kappa shape index (κ3) is 7.39. The molecule has 176 valence electrons. The molecule has 0 atom stereocenters. The lowest BCUT2D eigenvalue weighted by Gasteiger charge is -2.18. The number of hydrogen-bond donors (Lipinski definition) is 1. The normalized spacial score (nSPS) is 15.8. The van der Waals surface area contributed by atoms with Crippen molar-refractivity contribution in [3.8, 4) is 0 Å². The summed E-state index contributed by atoms with van der Waals surface area (Å²) in [6.45, 7) is 10.6. The summed E-state index contributed by atoms with van der Waals surface area (Å²) in [6.07, 6.45) is 7.74. The fraction of sp³-hybridized carbons (Fsp3) is 0.500. The molecule has 0 spiro atoms. The second kappa shape index (κ2) is 15.0. The minimum Gasteiger partial charge on any atom is -0.462 e. The van der Waals surface area contributed by atoms with Crippen molar-refractivity contribution >= 4 is 23.9 Å². The van der Waals surface area contributed by atoms with Crippen molar-refractivity contribution in [2.75, 3.05) is 39.5 Å². The van der Waals surface area contributed by atoms with Crippen LogP contribution in [-0.4, -0.2) is 63.4 Å². The van der Waals surface area contributed by atoms with E-state index in [2.05, 4.69) is 9.98 Å². The van der Waals surface area contributed by atoms with E-state index in [-0.39, 0.29) is 37.5 Å². The van der Waals surface area contributed by atoms with Crippen LogP contribution in [0.15, 0.2) is 56.2 Å². The molecule has 0 amide bonds. The highest BCUT2D eigenvalue weighted by Crippen LogP contribution is 2.33. The third-order valence-corrected chi connectivity index (χ3v) is 4.37. The van der Waals surface area contributed by atoms with Crippen LogP contribution in [0.3, 0.4) is 0 Å². The van der Waals surface area contributed by atoms with Crippen LogP contribution >= 0.6 is 0 Å². The number of hydrogen-bond acceptors (Lipinski definition) is 8. The number of nitrogens with two attached hydrogens (primary N) is 1. The van der Waals surface area contributed by atoms with Gasteiger partial charge in [0.15, 0.2) is 0 Å². The predicted molar refractivity (Wildman–Crippen MR) is 127 cm³/mol. The van der Waals surface area contributed by atoms with Gasteiger partial charge >= 0.3 is 11.9 Å². The summed E-state index contributed by atoms with van der Waals surface area (Å²) in [5.74, 6) is -1.10. The van der Waals surface area contributed by atoms with Crippen LogP contribution in [0.25, 0.3) is 0 Å². The standard InChI is InChI=1S/C22H29N3O5.C2H6/c1-4-29-21(26)18-15(3)25-13-17(14-28-11-9-23)20(22(27)30-5-2)19(18)16-8-6-7-10-24-12-16;1-2/h6,8,10,12H,4-5,7,9,11,13-14,23H2,1-3H3;1-2H3. The van der Waals surface area contributed by atoms with Crippen LogP contribution < -0.4 is 5.73 Å². The molecule has 0 aromatic rings. The number of ether oxygens (including phenoxy) is 3. The second-order valence-corrected chi connectivity index (χ2v) is 6.47. The zero-order valence-corrected chi connectivity index (χ0v) is 19.8. The average molecular weight is 446 g/mol. The lowest BCUT2D eigenvalue weighted by molar-refractivity contribution is -0.138. The third-order valence-electron chi connectivity index (χ3n) is 4.37. The molecular formula is C24H35N3O5. The Labute approximate surface area is 190 Å². The topological polar surface area (TPSA) is 113 Å². The number of esters is 2. The first-order valence-corrected chi connectivity index (χ1v) is 11.0. The maximum absolute atomic E-state index is 13.1. The molecule has 8 heteroatoms. The molecule has 2 rings (SSSR count). The Morgan fingerprint density at radius 3 is 2.38 bits per heavy atom. The average Bonchev–Trinajstić information content (AvgIpc) is 3.14. The fourth-order valence-electron chi connectivity index (χ4n) is 3.08. The van der Waals surface area contributed by atoms with Gasteiger partial charge in [-0.25, -0.2) is 9.59 Å². The maximum atomic E-state index is 13.1. The van der Waals surface area contributed by atoms with Crippen LogP contribution in [0.1, 0.15) is 41.0 Å². The van der Waals surface area contributed by atoms with E-state index in [9.17, 15) is 9.59 Å². The number of allylic oxidation sites excluding steroid dienone is 3. The molecular weight excluding hydrogens is 410 g/mol. The van der Waals surface area contributed by atoms with E-state index in [4.69, 9.17) is 19.9 Å². The monoisotopic (exact) mass is 445 g/mol. The van der Waals surface area contributed by atoms with E-state index in [0.717, 1.165) is 0 Å². The molecule has 0 saturated carbocycles. The summed E-state index contributed by atoms with van der Waals surface area (Å²) < 4.78 is 16.2. The lowest BCUT2D eigenvalue weighted by Crippen LogP contribution is -2.21. The van der Waals surface area contributed by atoms with Gasteiger partial charge in [-0.3, -0.25) is 9.98 Å². The molecule has 0 aromatic carbocycles. The van der Waals surface area contributed by atoms with Gasteiger partial charge in [0.25, 0.3) is 0 Å². The van der Waals surface area contributed by atoms with E-state index in [1.54, 1.807) is 33.2 Å². The van der Waals surface area contributed by atoms with Crippen LogP contribution in [0.4, 0.5) is 0 Å². The number of nitrogens with zero attached hydrogens (tertiary/aromatic N) is 2. The molecule has 32 heavy (non-hydrogen) atoms. The van der Waals surface area contributed by atoms with Crippen molar-refractivity contribution in [1.82, 2.24) is 0 Å². The molecule has 0 aromatic heterocycles. The molecule has 0 bridgehead atoms. The van der Waals surface area contributed by atoms with Crippen molar-refractivity contribution in [1.29, 1.82) is 0 Å². The Morgan fingerprint density at radius 1 is 1.09 bits per heavy atom. The number of rotatable bonds is 9. The molecule has 0 aliphatic carbocycles. The zero-order chi connectivity index (χ0) is 23.9. The molecule has 8 nitrogen and oxygen atoms in total. The van der Waals surface area contributed by atoms with E-state index < -0.39 is 11.9 Å². The van der Waals surface area contributed by atoms with Crippen molar-refractivity contribution in [2.24, 2.45) is 15.7 Å². The molecule has 2 heterocycles. The minimum atomic E-state index is -0.554. The fourth-order valence-corrected chi connectivity index (χ4v) is 3.08. The summed E-state index contributed by atoms with van der Waals surface area (Å²) in [5, 5.41) is 0. The van der Waals surface area contributed by atoms with Gasteiger partial charge in [0.2, 0.25) is 0 Å². The molecule has 2 aliphatic rings. The first-order chi connectivity index (χ1) is 15.5. The van der Waals surface area contributed by atoms with Crippen molar-refractivity contribution in [2.45, 2.75) is 41.0 Å². The summed E-state index contributed by atoms with van der Waals surface area (Å²) in [5.41, 5.74) is 8.09. The van der Waals surface area contributed by atoms with E-state index in [1.807, 2.05) is 26.0 Å². The smallest absolute Gasteiger partial charge is 0.340 e. The predicted octanol–water partition coefficient (Wildman–Crippen LogP) is 3.10. The molecule has 2 N–H and O–H groups in total. The van der Waals surface area contributed by atoms with Crippen LogP contribution in [-0.2, 0) is 23.8 Å². The summed E-state index contributed by atoms with van der Waals surface area (Å²) in [7, 11) is 0. The minimum absolute atomic E-state index is 0.141. The van der Waals surface area contributed by atoms with Gasteiger partial charge in [-0.2, -0.15) is 0 Å². The number of carbonyl (C=O) groups excluding carboxylic acids is 2. The summed E-state index contributed by atoms with van der Waals surface area (Å²) >= 11 is 0. The Kier molecular flexibility index (Phi) is 12.8. The summed E-state index contributed by atoms with van der Waals surface area (Å²) in [6, 6.07) is 0. The van der Waals surface area contributed by atoms with Gasteiger partial charge in [0, 0.05) is 42.2 Å². The number of carbonyl (C=O) groups is 2. The zero-order valence-electron chi connectivity index (χ0n) is 19.8. The molecule has 2 aliphatic heterocycles. The highest BCUT2D eigenvalue weighted by atomic mass is 16.5. The summed E-state index contributed by atoms with van der Waals surface area (Å²) in [4.78, 5) is 34.8. The van der Waals surface area contributed by atoms with E-state index in [0.29, 0.717) is 42.0 Å². The van der Waals surface area contributed by atoms with Gasteiger partial charge in [-0.05, 0) is 26.3 Å². The Bertz CT molecular complexity index is 848. The first kappa shape index (κ1) is 27.2. The largest absolute Gasteiger partial charge is 0.462 e. The van der Waals surface area contributed by atoms with Crippen LogP contribution in [0.2, 0.25) is 0 Å². The molecule has 0 unspecified atom stereocenters. The molecule has 0 radical (unpaired) electrons. The van der Waals surface area contributed by atoms with E-state index >= 15 is 0 Å². The highest BCUT2D eigenvalue weighted by Gasteiger charge is 2.32. The van der Waals surface area contributed by atoms with Crippen LogP contribution in [0, 0.1) is 0 Å².